The lowest BCUT2D eigenvalue weighted by atomic mass is 10.2. The minimum atomic E-state index is 0.624. The predicted molar refractivity (Wildman–Crippen MR) is 130 cm³/mol. The Morgan fingerprint density at radius 3 is 2.11 bits per heavy atom. The van der Waals surface area contributed by atoms with Crippen molar-refractivity contribution in [1.82, 2.24) is 10.6 Å². The summed E-state index contributed by atoms with van der Waals surface area (Å²) in [4.78, 5) is 2.06. The van der Waals surface area contributed by atoms with E-state index in [0.717, 1.165) is 55.8 Å². The van der Waals surface area contributed by atoms with Crippen LogP contribution in [0.5, 0.6) is 0 Å². The fraction of sp³-hybridized carbons (Fsp3) is 0.364. The molecule has 0 aliphatic rings. The standard InChI is InChI=1S/C22H30N4S2/c1-3-5-16-23-21(27)25-19-14-10-11-15-20(19)26(18-12-8-7-9-13-18)22(28)24-17-6-4-2/h7-15H,3-6,16-17H2,1-2H3,(H,24,28)(H2,23,25,27). The van der Waals surface area contributed by atoms with Crippen molar-refractivity contribution >= 4 is 51.7 Å². The topological polar surface area (TPSA) is 39.3 Å². The first kappa shape index (κ1) is 22.1. The molecule has 0 heterocycles. The largest absolute Gasteiger partial charge is 0.362 e. The molecule has 0 atom stereocenters. The summed E-state index contributed by atoms with van der Waals surface area (Å²) in [7, 11) is 0. The highest BCUT2D eigenvalue weighted by atomic mass is 32.1. The number of hydrogen-bond acceptors (Lipinski definition) is 2. The third-order valence-electron chi connectivity index (χ3n) is 4.23. The van der Waals surface area contributed by atoms with Crippen molar-refractivity contribution in [3.05, 3.63) is 54.6 Å². The third-order valence-corrected chi connectivity index (χ3v) is 4.81. The first-order valence-electron chi connectivity index (χ1n) is 9.94. The van der Waals surface area contributed by atoms with Gasteiger partial charge in [-0.25, -0.2) is 0 Å². The van der Waals surface area contributed by atoms with Crippen LogP contribution >= 0.6 is 24.4 Å². The fourth-order valence-corrected chi connectivity index (χ4v) is 3.23. The Bertz CT molecular complexity index is 749. The number of nitrogens with one attached hydrogen (secondary N) is 3. The zero-order valence-corrected chi connectivity index (χ0v) is 18.3. The van der Waals surface area contributed by atoms with Gasteiger partial charge in [-0.05, 0) is 61.5 Å². The van der Waals surface area contributed by atoms with E-state index in [-0.39, 0.29) is 0 Å². The van der Waals surface area contributed by atoms with Gasteiger partial charge in [0.15, 0.2) is 10.2 Å². The van der Waals surface area contributed by atoms with Gasteiger partial charge in [-0.15, -0.1) is 0 Å². The molecule has 0 unspecified atom stereocenters. The van der Waals surface area contributed by atoms with Crippen LogP contribution in [0.25, 0.3) is 0 Å². The van der Waals surface area contributed by atoms with Crippen molar-refractivity contribution in [3.8, 4) is 0 Å². The van der Waals surface area contributed by atoms with E-state index in [1.165, 1.54) is 0 Å². The molecular weight excluding hydrogens is 384 g/mol. The zero-order chi connectivity index (χ0) is 20.2. The number of thiocarbonyl (C=S) groups is 2. The molecule has 28 heavy (non-hydrogen) atoms. The summed E-state index contributed by atoms with van der Waals surface area (Å²) in [5.41, 5.74) is 2.89. The summed E-state index contributed by atoms with van der Waals surface area (Å²) < 4.78 is 0. The van der Waals surface area contributed by atoms with Gasteiger partial charge < -0.3 is 16.0 Å². The van der Waals surface area contributed by atoms with Gasteiger partial charge in [0.2, 0.25) is 0 Å². The van der Waals surface area contributed by atoms with Crippen molar-refractivity contribution in [1.29, 1.82) is 0 Å². The highest BCUT2D eigenvalue weighted by molar-refractivity contribution is 7.80. The Kier molecular flexibility index (Phi) is 9.72. The van der Waals surface area contributed by atoms with Gasteiger partial charge in [0, 0.05) is 18.8 Å². The maximum Gasteiger partial charge on any atom is 0.178 e. The van der Waals surface area contributed by atoms with Crippen LogP contribution in [0, 0.1) is 0 Å². The molecule has 2 aromatic rings. The Balaban J connectivity index is 2.27. The first-order valence-corrected chi connectivity index (χ1v) is 10.8. The second kappa shape index (κ2) is 12.3. The van der Waals surface area contributed by atoms with E-state index in [0.29, 0.717) is 10.2 Å². The Labute approximate surface area is 179 Å². The lowest BCUT2D eigenvalue weighted by Crippen LogP contribution is -2.38. The van der Waals surface area contributed by atoms with Crippen molar-refractivity contribution in [2.45, 2.75) is 39.5 Å². The van der Waals surface area contributed by atoms with Crippen LogP contribution in [-0.2, 0) is 0 Å². The second-order valence-corrected chi connectivity index (χ2v) is 7.30. The van der Waals surface area contributed by atoms with Crippen LogP contribution in [0.4, 0.5) is 17.1 Å². The number of unbranched alkanes of at least 4 members (excludes halogenated alkanes) is 2. The molecule has 0 aliphatic heterocycles. The van der Waals surface area contributed by atoms with Gasteiger partial charge in [-0.1, -0.05) is 57.0 Å². The summed E-state index contributed by atoms with van der Waals surface area (Å²) in [6.45, 7) is 6.05. The highest BCUT2D eigenvalue weighted by Crippen LogP contribution is 2.32. The lowest BCUT2D eigenvalue weighted by Gasteiger charge is -2.28. The number of nitrogens with zero attached hydrogens (tertiary/aromatic N) is 1. The van der Waals surface area contributed by atoms with E-state index in [9.17, 15) is 0 Å². The molecule has 150 valence electrons. The van der Waals surface area contributed by atoms with E-state index >= 15 is 0 Å². The number of hydrogen-bond donors (Lipinski definition) is 3. The summed E-state index contributed by atoms with van der Waals surface area (Å²) in [5.74, 6) is 0. The summed E-state index contributed by atoms with van der Waals surface area (Å²) in [6, 6.07) is 18.2. The average Bonchev–Trinajstić information content (AvgIpc) is 2.71. The van der Waals surface area contributed by atoms with E-state index < -0.39 is 0 Å². The van der Waals surface area contributed by atoms with Crippen molar-refractivity contribution < 1.29 is 0 Å². The minimum Gasteiger partial charge on any atom is -0.362 e. The average molecular weight is 415 g/mol. The van der Waals surface area contributed by atoms with Gasteiger partial charge >= 0.3 is 0 Å². The normalized spacial score (nSPS) is 10.2. The smallest absolute Gasteiger partial charge is 0.178 e. The van der Waals surface area contributed by atoms with Gasteiger partial charge in [-0.3, -0.25) is 4.90 Å². The van der Waals surface area contributed by atoms with Crippen molar-refractivity contribution in [2.24, 2.45) is 0 Å². The summed E-state index contributed by atoms with van der Waals surface area (Å²) in [5, 5.41) is 11.3. The molecule has 6 heteroatoms. The molecule has 0 amide bonds. The second-order valence-electron chi connectivity index (χ2n) is 6.51. The van der Waals surface area contributed by atoms with E-state index in [1.807, 2.05) is 36.4 Å². The van der Waals surface area contributed by atoms with Crippen LogP contribution in [0.15, 0.2) is 54.6 Å². The number of benzene rings is 2. The molecule has 0 aromatic heterocycles. The van der Waals surface area contributed by atoms with Gasteiger partial charge in [0.05, 0.1) is 11.4 Å². The third kappa shape index (κ3) is 6.77. The van der Waals surface area contributed by atoms with Crippen LogP contribution in [0.3, 0.4) is 0 Å². The van der Waals surface area contributed by atoms with Crippen molar-refractivity contribution in [2.75, 3.05) is 23.3 Å². The van der Waals surface area contributed by atoms with E-state index in [1.54, 1.807) is 0 Å². The molecule has 2 rings (SSSR count). The van der Waals surface area contributed by atoms with Gasteiger partial charge in [0.1, 0.15) is 0 Å². The number of anilines is 3. The number of para-hydroxylation sites is 3. The summed E-state index contributed by atoms with van der Waals surface area (Å²) in [6.07, 6.45) is 4.42. The van der Waals surface area contributed by atoms with Crippen LogP contribution < -0.4 is 20.9 Å². The molecule has 0 aliphatic carbocycles. The highest BCUT2D eigenvalue weighted by Gasteiger charge is 2.18. The molecule has 4 nitrogen and oxygen atoms in total. The van der Waals surface area contributed by atoms with E-state index in [2.05, 4.69) is 52.9 Å². The van der Waals surface area contributed by atoms with Gasteiger partial charge in [-0.2, -0.15) is 0 Å². The van der Waals surface area contributed by atoms with Crippen LogP contribution in [0.2, 0.25) is 0 Å². The molecular formula is C22H30N4S2. The van der Waals surface area contributed by atoms with Crippen LogP contribution in [-0.4, -0.2) is 23.3 Å². The quantitative estimate of drug-likeness (QED) is 0.367. The molecule has 0 saturated carbocycles. The van der Waals surface area contributed by atoms with Gasteiger partial charge in [0.25, 0.3) is 0 Å². The Morgan fingerprint density at radius 1 is 0.821 bits per heavy atom. The maximum atomic E-state index is 5.75. The SMILES string of the molecule is CCCCNC(=S)Nc1ccccc1N(C(=S)NCCCC)c1ccccc1. The minimum absolute atomic E-state index is 0.624. The fourth-order valence-electron chi connectivity index (χ4n) is 2.71. The van der Waals surface area contributed by atoms with E-state index in [4.69, 9.17) is 24.4 Å². The van der Waals surface area contributed by atoms with Crippen molar-refractivity contribution in [3.63, 3.8) is 0 Å². The molecule has 0 radical (unpaired) electrons. The molecule has 3 N–H and O–H groups in total. The molecule has 0 spiro atoms. The molecule has 0 saturated heterocycles. The summed E-state index contributed by atoms with van der Waals surface area (Å²) >= 11 is 11.2. The number of rotatable bonds is 9. The monoisotopic (exact) mass is 414 g/mol. The van der Waals surface area contributed by atoms with Crippen LogP contribution in [0.1, 0.15) is 39.5 Å². The first-order chi connectivity index (χ1) is 13.7. The zero-order valence-electron chi connectivity index (χ0n) is 16.7. The maximum absolute atomic E-state index is 5.75. The lowest BCUT2D eigenvalue weighted by molar-refractivity contribution is 0.755. The molecule has 2 aromatic carbocycles. The predicted octanol–water partition coefficient (Wildman–Crippen LogP) is 5.59. The Hall–Kier alpha value is -2.18. The Morgan fingerprint density at radius 2 is 1.43 bits per heavy atom. The molecule has 0 fully saturated rings. The molecule has 0 bridgehead atoms.